The lowest BCUT2D eigenvalue weighted by Gasteiger charge is -2.11. The van der Waals surface area contributed by atoms with Crippen LogP contribution in [0.1, 0.15) is 64.2 Å². The van der Waals surface area contributed by atoms with Gasteiger partial charge >= 0.3 is 12.1 Å². The number of rotatable bonds is 13. The Labute approximate surface area is 152 Å². The van der Waals surface area contributed by atoms with Gasteiger partial charge in [0.25, 0.3) is 0 Å². The van der Waals surface area contributed by atoms with E-state index in [4.69, 9.17) is 44.6 Å². The maximum absolute atomic E-state index is 11.1. The van der Waals surface area contributed by atoms with Crippen molar-refractivity contribution in [3.05, 3.63) is 0 Å². The Balaban J connectivity index is 3.21. The third-order valence-corrected chi connectivity index (χ3v) is 3.44. The summed E-state index contributed by atoms with van der Waals surface area (Å²) in [6.45, 7) is -0.0309. The van der Waals surface area contributed by atoms with E-state index in [1.54, 1.807) is 0 Å². The average molecular weight is 392 g/mol. The van der Waals surface area contributed by atoms with E-state index >= 15 is 0 Å². The summed E-state index contributed by atoms with van der Waals surface area (Å²) in [7, 11) is 0. The topological polar surface area (TPSA) is 72.8 Å². The summed E-state index contributed by atoms with van der Waals surface area (Å²) in [4.78, 5) is 21.5. The Morgan fingerprint density at radius 2 is 1.26 bits per heavy atom. The summed E-state index contributed by atoms with van der Waals surface area (Å²) in [6, 6.07) is 0. The maximum atomic E-state index is 11.1. The second kappa shape index (κ2) is 14.0. The number of ether oxygens (including phenoxy) is 2. The molecule has 0 unspecified atom stereocenters. The number of carbonyl (C=O) groups excluding carboxylic acids is 1. The highest BCUT2D eigenvalue weighted by Crippen LogP contribution is 2.26. The standard InChI is InChI=1S/C15H25Cl3O5/c16-15(17,18)12-23-14(21)22-11-9-7-5-3-1-2-4-6-8-10-13(19)20/h1-12H2,(H,19,20). The molecule has 23 heavy (non-hydrogen) atoms. The summed E-state index contributed by atoms with van der Waals surface area (Å²) in [5.74, 6) is -0.719. The number of carbonyl (C=O) groups is 2. The molecular weight excluding hydrogens is 367 g/mol. The Hall–Kier alpha value is -0.390. The van der Waals surface area contributed by atoms with Gasteiger partial charge < -0.3 is 14.6 Å². The molecule has 0 radical (unpaired) electrons. The van der Waals surface area contributed by atoms with Crippen LogP contribution in [0.3, 0.4) is 0 Å². The maximum Gasteiger partial charge on any atom is 0.508 e. The second-order valence-electron chi connectivity index (χ2n) is 5.33. The van der Waals surface area contributed by atoms with Crippen LogP contribution in [0.5, 0.6) is 0 Å². The van der Waals surface area contributed by atoms with Crippen molar-refractivity contribution in [3.8, 4) is 0 Å². The van der Waals surface area contributed by atoms with Crippen molar-refractivity contribution < 1.29 is 24.2 Å². The zero-order valence-corrected chi connectivity index (χ0v) is 15.5. The van der Waals surface area contributed by atoms with Gasteiger partial charge in [-0.1, -0.05) is 79.7 Å². The number of hydrogen-bond donors (Lipinski definition) is 1. The predicted molar refractivity (Wildman–Crippen MR) is 91.4 cm³/mol. The van der Waals surface area contributed by atoms with Crippen LogP contribution in [-0.4, -0.2) is 34.2 Å². The molecule has 1 N–H and O–H groups in total. The number of unbranched alkanes of at least 4 members (excludes halogenated alkanes) is 8. The fourth-order valence-corrected chi connectivity index (χ4v) is 2.12. The molecule has 0 atom stereocenters. The van der Waals surface area contributed by atoms with Gasteiger partial charge in [-0.15, -0.1) is 0 Å². The van der Waals surface area contributed by atoms with E-state index in [2.05, 4.69) is 4.74 Å². The number of aliphatic carboxylic acids is 1. The van der Waals surface area contributed by atoms with Crippen molar-refractivity contribution in [2.24, 2.45) is 0 Å². The highest BCUT2D eigenvalue weighted by molar-refractivity contribution is 6.67. The Kier molecular flexibility index (Phi) is 13.8. The molecule has 0 amide bonds. The zero-order valence-electron chi connectivity index (χ0n) is 13.2. The molecule has 0 bridgehead atoms. The van der Waals surface area contributed by atoms with Gasteiger partial charge in [0.15, 0.2) is 0 Å². The van der Waals surface area contributed by atoms with E-state index in [1.165, 1.54) is 0 Å². The molecule has 0 aromatic heterocycles. The number of hydrogen-bond acceptors (Lipinski definition) is 4. The average Bonchev–Trinajstić information content (AvgIpc) is 2.45. The van der Waals surface area contributed by atoms with E-state index in [9.17, 15) is 9.59 Å². The summed E-state index contributed by atoms with van der Waals surface area (Å²) in [6.07, 6.45) is 8.56. The largest absolute Gasteiger partial charge is 0.508 e. The van der Waals surface area contributed by atoms with Crippen molar-refractivity contribution >= 4 is 46.9 Å². The normalized spacial score (nSPS) is 11.3. The zero-order chi connectivity index (χ0) is 17.6. The molecule has 0 saturated carbocycles. The minimum Gasteiger partial charge on any atom is -0.481 e. The van der Waals surface area contributed by atoms with Gasteiger partial charge in [-0.05, 0) is 12.8 Å². The van der Waals surface area contributed by atoms with Crippen LogP contribution in [0, 0.1) is 0 Å². The molecule has 5 nitrogen and oxygen atoms in total. The van der Waals surface area contributed by atoms with Gasteiger partial charge in [-0.2, -0.15) is 0 Å². The van der Waals surface area contributed by atoms with Crippen LogP contribution in [0.15, 0.2) is 0 Å². The summed E-state index contributed by atoms with van der Waals surface area (Å²) in [5.41, 5.74) is 0. The van der Waals surface area contributed by atoms with Crippen LogP contribution >= 0.6 is 34.8 Å². The number of alkyl halides is 3. The predicted octanol–water partition coefficient (Wildman–Crippen LogP) is 5.50. The van der Waals surface area contributed by atoms with Crippen LogP contribution in [0.4, 0.5) is 4.79 Å². The smallest absolute Gasteiger partial charge is 0.481 e. The lowest BCUT2D eigenvalue weighted by molar-refractivity contribution is -0.137. The first-order chi connectivity index (χ1) is 10.8. The first-order valence-electron chi connectivity index (χ1n) is 7.89. The molecule has 0 heterocycles. The van der Waals surface area contributed by atoms with E-state index in [0.717, 1.165) is 57.8 Å². The molecule has 136 valence electrons. The summed E-state index contributed by atoms with van der Waals surface area (Å²) >= 11 is 16.3. The number of carboxylic acids is 1. The van der Waals surface area contributed by atoms with Gasteiger partial charge in [0.05, 0.1) is 6.61 Å². The SMILES string of the molecule is O=C(O)CCCCCCCCCCCOC(=O)OCC(Cl)(Cl)Cl. The quantitative estimate of drug-likeness (QED) is 0.255. The fraction of sp³-hybridized carbons (Fsp3) is 0.867. The third kappa shape index (κ3) is 19.6. The summed E-state index contributed by atoms with van der Waals surface area (Å²) < 4.78 is 7.84. The highest BCUT2D eigenvalue weighted by atomic mass is 35.6. The van der Waals surface area contributed by atoms with Crippen molar-refractivity contribution in [2.75, 3.05) is 13.2 Å². The van der Waals surface area contributed by atoms with Crippen molar-refractivity contribution in [1.29, 1.82) is 0 Å². The number of halogens is 3. The Morgan fingerprint density at radius 1 is 0.783 bits per heavy atom. The Bertz CT molecular complexity index is 332. The molecule has 0 aromatic rings. The lowest BCUT2D eigenvalue weighted by atomic mass is 10.1. The van der Waals surface area contributed by atoms with E-state index in [0.29, 0.717) is 6.61 Å². The third-order valence-electron chi connectivity index (χ3n) is 3.11. The van der Waals surface area contributed by atoms with Crippen molar-refractivity contribution in [2.45, 2.75) is 68.0 Å². The summed E-state index contributed by atoms with van der Waals surface area (Å²) in [5, 5.41) is 8.50. The van der Waals surface area contributed by atoms with Crippen molar-refractivity contribution in [3.63, 3.8) is 0 Å². The van der Waals surface area contributed by atoms with Crippen LogP contribution in [0.2, 0.25) is 0 Å². The molecule has 0 saturated heterocycles. The lowest BCUT2D eigenvalue weighted by Crippen LogP contribution is -2.18. The van der Waals surface area contributed by atoms with Crippen LogP contribution in [0.25, 0.3) is 0 Å². The minimum atomic E-state index is -1.62. The van der Waals surface area contributed by atoms with E-state index in [-0.39, 0.29) is 13.0 Å². The first-order valence-corrected chi connectivity index (χ1v) is 9.03. The van der Waals surface area contributed by atoms with Crippen LogP contribution < -0.4 is 0 Å². The van der Waals surface area contributed by atoms with E-state index < -0.39 is 15.9 Å². The molecule has 0 spiro atoms. The molecule has 8 heteroatoms. The molecule has 0 aliphatic rings. The second-order valence-corrected chi connectivity index (χ2v) is 7.84. The minimum absolute atomic E-state index is 0.268. The first kappa shape index (κ1) is 22.6. The van der Waals surface area contributed by atoms with Crippen LogP contribution in [-0.2, 0) is 14.3 Å². The molecular formula is C15H25Cl3O5. The van der Waals surface area contributed by atoms with Crippen molar-refractivity contribution in [1.82, 2.24) is 0 Å². The molecule has 0 fully saturated rings. The molecule has 0 rings (SSSR count). The van der Waals surface area contributed by atoms with Gasteiger partial charge in [0.1, 0.15) is 6.61 Å². The van der Waals surface area contributed by atoms with Gasteiger partial charge in [-0.3, -0.25) is 4.79 Å². The number of carboxylic acid groups (broad SMARTS) is 1. The van der Waals surface area contributed by atoms with Gasteiger partial charge in [-0.25, -0.2) is 4.79 Å². The highest BCUT2D eigenvalue weighted by Gasteiger charge is 2.22. The van der Waals surface area contributed by atoms with Gasteiger partial charge in [0.2, 0.25) is 3.79 Å². The Morgan fingerprint density at radius 3 is 1.74 bits per heavy atom. The molecule has 0 aliphatic heterocycles. The van der Waals surface area contributed by atoms with E-state index in [1.807, 2.05) is 0 Å². The molecule has 0 aliphatic carbocycles. The fourth-order valence-electron chi connectivity index (χ4n) is 1.95. The monoisotopic (exact) mass is 390 g/mol. The van der Waals surface area contributed by atoms with Gasteiger partial charge in [0, 0.05) is 6.42 Å². The molecule has 0 aromatic carbocycles.